The highest BCUT2D eigenvalue weighted by Crippen LogP contribution is 2.28. The summed E-state index contributed by atoms with van der Waals surface area (Å²) in [6.45, 7) is 6.46. The lowest BCUT2D eigenvalue weighted by molar-refractivity contribution is 0.124. The Bertz CT molecular complexity index is 405. The molecule has 116 valence electrons. The fourth-order valence-corrected chi connectivity index (χ4v) is 3.00. The third kappa shape index (κ3) is 5.42. The molecular formula is C18H28N2O. The Labute approximate surface area is 128 Å². The van der Waals surface area contributed by atoms with E-state index >= 15 is 0 Å². The van der Waals surface area contributed by atoms with Crippen molar-refractivity contribution < 1.29 is 4.74 Å². The van der Waals surface area contributed by atoms with Crippen molar-refractivity contribution in [2.24, 2.45) is 5.92 Å². The average molecular weight is 288 g/mol. The lowest BCUT2D eigenvalue weighted by Crippen LogP contribution is -2.35. The average Bonchev–Trinajstić information content (AvgIpc) is 3.24. The Hall–Kier alpha value is -0.900. The van der Waals surface area contributed by atoms with Crippen LogP contribution < -0.4 is 5.32 Å². The molecule has 0 spiro atoms. The largest absolute Gasteiger partial charge is 0.380 e. The first-order valence-electron chi connectivity index (χ1n) is 8.47. The molecule has 2 fully saturated rings. The Morgan fingerprint density at radius 2 is 2.00 bits per heavy atom. The van der Waals surface area contributed by atoms with Gasteiger partial charge in [-0.15, -0.1) is 0 Å². The highest BCUT2D eigenvalue weighted by Gasteiger charge is 2.22. The van der Waals surface area contributed by atoms with Crippen molar-refractivity contribution in [2.75, 3.05) is 39.4 Å². The first kappa shape index (κ1) is 15.0. The van der Waals surface area contributed by atoms with Crippen LogP contribution in [0.3, 0.4) is 0 Å². The summed E-state index contributed by atoms with van der Waals surface area (Å²) in [5.74, 6) is 0.880. The standard InChI is InChI=1S/C18H28N2O/c1-2-4-16(5-3-1)8-11-20-12-9-18(14-20)19-10-13-21-15-17-6-7-17/h1-5,17-19H,6-15H2. The van der Waals surface area contributed by atoms with Crippen LogP contribution in [0.1, 0.15) is 24.8 Å². The summed E-state index contributed by atoms with van der Waals surface area (Å²) in [5.41, 5.74) is 1.45. The van der Waals surface area contributed by atoms with Crippen molar-refractivity contribution in [2.45, 2.75) is 31.7 Å². The Morgan fingerprint density at radius 1 is 1.14 bits per heavy atom. The fraction of sp³-hybridized carbons (Fsp3) is 0.667. The van der Waals surface area contributed by atoms with E-state index in [2.05, 4.69) is 40.5 Å². The van der Waals surface area contributed by atoms with E-state index in [1.165, 1.54) is 44.5 Å². The van der Waals surface area contributed by atoms with E-state index in [1.54, 1.807) is 0 Å². The van der Waals surface area contributed by atoms with Crippen molar-refractivity contribution >= 4 is 0 Å². The van der Waals surface area contributed by atoms with Crippen LogP contribution >= 0.6 is 0 Å². The molecule has 2 aliphatic rings. The molecular weight excluding hydrogens is 260 g/mol. The lowest BCUT2D eigenvalue weighted by Gasteiger charge is -2.16. The summed E-state index contributed by atoms with van der Waals surface area (Å²) in [4.78, 5) is 2.58. The van der Waals surface area contributed by atoms with E-state index in [0.29, 0.717) is 6.04 Å². The summed E-state index contributed by atoms with van der Waals surface area (Å²) in [6, 6.07) is 11.5. The maximum Gasteiger partial charge on any atom is 0.0591 e. The quantitative estimate of drug-likeness (QED) is 0.706. The molecule has 0 bridgehead atoms. The van der Waals surface area contributed by atoms with Gasteiger partial charge in [-0.05, 0) is 43.7 Å². The second-order valence-electron chi connectivity index (χ2n) is 6.49. The van der Waals surface area contributed by atoms with Gasteiger partial charge in [-0.1, -0.05) is 30.3 Å². The second-order valence-corrected chi connectivity index (χ2v) is 6.49. The van der Waals surface area contributed by atoms with Crippen LogP contribution in [-0.4, -0.2) is 50.3 Å². The molecule has 1 N–H and O–H groups in total. The Kier molecular flexibility index (Phi) is 5.67. The predicted molar refractivity (Wildman–Crippen MR) is 86.5 cm³/mol. The molecule has 0 aromatic heterocycles. The van der Waals surface area contributed by atoms with Crippen LogP contribution in [0, 0.1) is 5.92 Å². The van der Waals surface area contributed by atoms with Crippen molar-refractivity contribution in [3.05, 3.63) is 35.9 Å². The van der Waals surface area contributed by atoms with E-state index in [1.807, 2.05) is 0 Å². The van der Waals surface area contributed by atoms with Crippen LogP contribution in [0.5, 0.6) is 0 Å². The molecule has 21 heavy (non-hydrogen) atoms. The van der Waals surface area contributed by atoms with Crippen LogP contribution in [0.15, 0.2) is 30.3 Å². The van der Waals surface area contributed by atoms with Crippen LogP contribution in [0.25, 0.3) is 0 Å². The number of hydrogen-bond donors (Lipinski definition) is 1. The second kappa shape index (κ2) is 7.92. The Balaban J connectivity index is 1.24. The zero-order valence-corrected chi connectivity index (χ0v) is 13.0. The predicted octanol–water partition coefficient (Wildman–Crippen LogP) is 2.32. The molecule has 1 aromatic rings. The fourth-order valence-electron chi connectivity index (χ4n) is 3.00. The Morgan fingerprint density at radius 3 is 2.81 bits per heavy atom. The smallest absolute Gasteiger partial charge is 0.0591 e. The molecule has 3 nitrogen and oxygen atoms in total. The van der Waals surface area contributed by atoms with Crippen LogP contribution in [0.4, 0.5) is 0 Å². The van der Waals surface area contributed by atoms with E-state index in [4.69, 9.17) is 4.74 Å². The van der Waals surface area contributed by atoms with Crippen molar-refractivity contribution in [1.82, 2.24) is 10.2 Å². The summed E-state index contributed by atoms with van der Waals surface area (Å²) < 4.78 is 5.67. The van der Waals surface area contributed by atoms with E-state index in [-0.39, 0.29) is 0 Å². The molecule has 3 rings (SSSR count). The summed E-state index contributed by atoms with van der Waals surface area (Å²) in [5, 5.41) is 3.64. The number of hydrogen-bond acceptors (Lipinski definition) is 3. The minimum atomic E-state index is 0.658. The van der Waals surface area contributed by atoms with Gasteiger partial charge in [0, 0.05) is 32.3 Å². The van der Waals surface area contributed by atoms with Gasteiger partial charge in [0.05, 0.1) is 6.61 Å². The summed E-state index contributed by atoms with van der Waals surface area (Å²) in [6.07, 6.45) is 5.20. The molecule has 1 unspecified atom stereocenters. The first-order chi connectivity index (χ1) is 10.4. The minimum absolute atomic E-state index is 0.658. The van der Waals surface area contributed by atoms with E-state index < -0.39 is 0 Å². The van der Waals surface area contributed by atoms with Gasteiger partial charge < -0.3 is 15.0 Å². The summed E-state index contributed by atoms with van der Waals surface area (Å²) in [7, 11) is 0. The monoisotopic (exact) mass is 288 g/mol. The number of benzene rings is 1. The van der Waals surface area contributed by atoms with Gasteiger partial charge in [-0.2, -0.15) is 0 Å². The van der Waals surface area contributed by atoms with Crippen molar-refractivity contribution in [3.8, 4) is 0 Å². The van der Waals surface area contributed by atoms with Gasteiger partial charge in [0.2, 0.25) is 0 Å². The minimum Gasteiger partial charge on any atom is -0.380 e. The maximum atomic E-state index is 5.67. The van der Waals surface area contributed by atoms with E-state index in [0.717, 1.165) is 32.1 Å². The third-order valence-corrected chi connectivity index (χ3v) is 4.56. The SMILES string of the molecule is c1ccc(CCN2CCC(NCCOCC3CC3)C2)cc1. The number of nitrogens with one attached hydrogen (secondary N) is 1. The van der Waals surface area contributed by atoms with Gasteiger partial charge in [-0.25, -0.2) is 0 Å². The molecule has 1 atom stereocenters. The number of nitrogens with zero attached hydrogens (tertiary/aromatic N) is 1. The molecule has 1 aromatic carbocycles. The first-order valence-corrected chi connectivity index (χ1v) is 8.47. The van der Waals surface area contributed by atoms with Crippen molar-refractivity contribution in [1.29, 1.82) is 0 Å². The molecule has 3 heteroatoms. The van der Waals surface area contributed by atoms with Gasteiger partial charge in [0.25, 0.3) is 0 Å². The zero-order valence-electron chi connectivity index (χ0n) is 13.0. The van der Waals surface area contributed by atoms with Gasteiger partial charge in [-0.3, -0.25) is 0 Å². The lowest BCUT2D eigenvalue weighted by atomic mass is 10.1. The third-order valence-electron chi connectivity index (χ3n) is 4.56. The maximum absolute atomic E-state index is 5.67. The highest BCUT2D eigenvalue weighted by molar-refractivity contribution is 5.14. The molecule has 0 radical (unpaired) electrons. The molecule has 0 amide bonds. The molecule has 1 aliphatic heterocycles. The van der Waals surface area contributed by atoms with Crippen LogP contribution in [0.2, 0.25) is 0 Å². The molecule has 1 saturated heterocycles. The van der Waals surface area contributed by atoms with E-state index in [9.17, 15) is 0 Å². The van der Waals surface area contributed by atoms with Crippen molar-refractivity contribution in [3.63, 3.8) is 0 Å². The number of rotatable bonds is 9. The number of ether oxygens (including phenoxy) is 1. The van der Waals surface area contributed by atoms with Gasteiger partial charge in [0.15, 0.2) is 0 Å². The van der Waals surface area contributed by atoms with Crippen LogP contribution in [-0.2, 0) is 11.2 Å². The molecule has 1 saturated carbocycles. The van der Waals surface area contributed by atoms with Gasteiger partial charge >= 0.3 is 0 Å². The van der Waals surface area contributed by atoms with Gasteiger partial charge in [0.1, 0.15) is 0 Å². The topological polar surface area (TPSA) is 24.5 Å². The normalized spacial score (nSPS) is 22.8. The zero-order chi connectivity index (χ0) is 14.3. The molecule has 1 heterocycles. The number of likely N-dealkylation sites (tertiary alicyclic amines) is 1. The molecule has 1 aliphatic carbocycles. The highest BCUT2D eigenvalue weighted by atomic mass is 16.5. The summed E-state index contributed by atoms with van der Waals surface area (Å²) >= 11 is 0.